The molecule has 1 N–H and O–H groups in total. The van der Waals surface area contributed by atoms with Crippen molar-refractivity contribution in [1.29, 1.82) is 0 Å². The first kappa shape index (κ1) is 29.8. The van der Waals surface area contributed by atoms with Gasteiger partial charge in [-0.15, -0.1) is 11.3 Å². The fraction of sp³-hybridized carbons (Fsp3) is 0.333. The van der Waals surface area contributed by atoms with Crippen molar-refractivity contribution in [2.45, 2.75) is 65.9 Å². The van der Waals surface area contributed by atoms with Gasteiger partial charge in [0.05, 0.1) is 12.2 Å². The van der Waals surface area contributed by atoms with Crippen LogP contribution in [0.15, 0.2) is 59.6 Å². The van der Waals surface area contributed by atoms with E-state index < -0.39 is 0 Å². The van der Waals surface area contributed by atoms with Crippen molar-refractivity contribution in [1.82, 2.24) is 0 Å². The van der Waals surface area contributed by atoms with Crippen LogP contribution in [0.5, 0.6) is 23.0 Å². The van der Waals surface area contributed by atoms with E-state index in [-0.39, 0.29) is 12.7 Å². The van der Waals surface area contributed by atoms with Gasteiger partial charge in [0, 0.05) is 16.8 Å². The molecule has 1 aliphatic heterocycles. The molecule has 0 bridgehead atoms. The molecule has 8 heteroatoms. The first-order chi connectivity index (χ1) is 21.5. The number of hydrogen-bond donors (Lipinski definition) is 1. The Morgan fingerprint density at radius 3 is 2.64 bits per heavy atom. The van der Waals surface area contributed by atoms with Gasteiger partial charge in [0.15, 0.2) is 23.0 Å². The molecule has 228 valence electrons. The van der Waals surface area contributed by atoms with Gasteiger partial charge >= 0.3 is 0 Å². The van der Waals surface area contributed by atoms with E-state index in [1.807, 2.05) is 75.5 Å². The molecular formula is C36H38N2O5S. The molecule has 0 radical (unpaired) electrons. The second-order valence-electron chi connectivity index (χ2n) is 11.2. The van der Waals surface area contributed by atoms with Gasteiger partial charge in [-0.2, -0.15) is 0 Å². The number of nitrogens with one attached hydrogen (secondary N) is 1. The van der Waals surface area contributed by atoms with E-state index in [4.69, 9.17) is 23.9 Å². The molecule has 2 aliphatic rings. The molecule has 4 aromatic rings. The van der Waals surface area contributed by atoms with Crippen molar-refractivity contribution in [3.8, 4) is 23.0 Å². The van der Waals surface area contributed by atoms with Crippen LogP contribution < -0.4 is 24.3 Å². The average Bonchev–Trinajstić information content (AvgIpc) is 3.61. The van der Waals surface area contributed by atoms with Gasteiger partial charge < -0.3 is 24.3 Å². The normalized spacial score (nSPS) is 14.2. The number of nitrogens with zero attached hydrogens (tertiary/aromatic N) is 1. The highest BCUT2D eigenvalue weighted by Gasteiger charge is 2.24. The van der Waals surface area contributed by atoms with Crippen molar-refractivity contribution >= 4 is 34.1 Å². The molecule has 3 aromatic carbocycles. The number of fused-ring (bicyclic) bond motifs is 2. The lowest BCUT2D eigenvalue weighted by Gasteiger charge is -2.13. The fourth-order valence-corrected chi connectivity index (χ4v) is 6.83. The second kappa shape index (κ2) is 13.6. The van der Waals surface area contributed by atoms with Crippen LogP contribution in [-0.4, -0.2) is 25.5 Å². The molecule has 0 unspecified atom stereocenters. The van der Waals surface area contributed by atoms with E-state index in [2.05, 4.69) is 11.4 Å². The van der Waals surface area contributed by atoms with Crippen molar-refractivity contribution in [3.63, 3.8) is 0 Å². The third-order valence-electron chi connectivity index (χ3n) is 7.95. The fourth-order valence-electron chi connectivity index (χ4n) is 5.60. The summed E-state index contributed by atoms with van der Waals surface area (Å²) >= 11 is 1.65. The number of benzene rings is 3. The Morgan fingerprint density at radius 2 is 1.77 bits per heavy atom. The van der Waals surface area contributed by atoms with Crippen LogP contribution in [-0.2, 0) is 19.4 Å². The maximum atomic E-state index is 13.8. The Morgan fingerprint density at radius 1 is 0.932 bits per heavy atom. The predicted octanol–water partition coefficient (Wildman–Crippen LogP) is 8.73. The number of carbonyl (C=O) groups is 1. The third kappa shape index (κ3) is 6.76. The van der Waals surface area contributed by atoms with Crippen molar-refractivity contribution in [2.75, 3.05) is 18.7 Å². The van der Waals surface area contributed by atoms with Crippen LogP contribution in [0.4, 0.5) is 10.7 Å². The largest absolute Gasteiger partial charge is 0.490 e. The van der Waals surface area contributed by atoms with Gasteiger partial charge in [-0.05, 0) is 111 Å². The molecular weight excluding hydrogens is 572 g/mol. The zero-order chi connectivity index (χ0) is 30.5. The maximum Gasteiger partial charge on any atom is 0.259 e. The quantitative estimate of drug-likeness (QED) is 0.192. The minimum atomic E-state index is -0.0915. The third-order valence-corrected chi connectivity index (χ3v) is 9.15. The minimum absolute atomic E-state index is 0.0915. The number of thiophene rings is 1. The summed E-state index contributed by atoms with van der Waals surface area (Å²) in [7, 11) is 0. The van der Waals surface area contributed by atoms with E-state index in [1.54, 1.807) is 11.3 Å². The van der Waals surface area contributed by atoms with Crippen LogP contribution in [0.25, 0.3) is 0 Å². The lowest BCUT2D eigenvalue weighted by atomic mass is 9.96. The number of aliphatic imine (C=N–C) groups is 1. The molecule has 0 spiro atoms. The Hall–Kier alpha value is -4.30. The van der Waals surface area contributed by atoms with E-state index >= 15 is 0 Å². The van der Waals surface area contributed by atoms with Crippen molar-refractivity contribution < 1.29 is 23.7 Å². The number of hydrogen-bond acceptors (Lipinski definition) is 7. The number of anilines is 1. The molecule has 0 saturated heterocycles. The van der Waals surface area contributed by atoms with Gasteiger partial charge in [0.1, 0.15) is 11.6 Å². The van der Waals surface area contributed by atoms with E-state index in [9.17, 15) is 4.79 Å². The summed E-state index contributed by atoms with van der Waals surface area (Å²) in [6.45, 7) is 7.11. The van der Waals surface area contributed by atoms with E-state index in [0.717, 1.165) is 75.7 Å². The lowest BCUT2D eigenvalue weighted by Crippen LogP contribution is -2.15. The molecule has 2 heterocycles. The minimum Gasteiger partial charge on any atom is -0.490 e. The molecule has 7 nitrogen and oxygen atoms in total. The summed E-state index contributed by atoms with van der Waals surface area (Å²) < 4.78 is 23.0. The van der Waals surface area contributed by atoms with Crippen molar-refractivity contribution in [3.05, 3.63) is 92.9 Å². The summed E-state index contributed by atoms with van der Waals surface area (Å²) in [5.74, 6) is 2.67. The molecule has 44 heavy (non-hydrogen) atoms. The second-order valence-corrected chi connectivity index (χ2v) is 12.3. The van der Waals surface area contributed by atoms with Gasteiger partial charge in [0.25, 0.3) is 5.91 Å². The van der Waals surface area contributed by atoms with E-state index in [0.29, 0.717) is 30.3 Å². The van der Waals surface area contributed by atoms with Gasteiger partial charge in [-0.25, -0.2) is 4.99 Å². The van der Waals surface area contributed by atoms with Crippen LogP contribution in [0.2, 0.25) is 0 Å². The highest BCUT2D eigenvalue weighted by atomic mass is 32.1. The zero-order valence-electron chi connectivity index (χ0n) is 25.5. The number of aryl methyl sites for hydroxylation is 3. The molecule has 0 fully saturated rings. The molecule has 0 atom stereocenters. The Labute approximate surface area is 262 Å². The monoisotopic (exact) mass is 610 g/mol. The number of amides is 1. The average molecular weight is 611 g/mol. The summed E-state index contributed by atoms with van der Waals surface area (Å²) in [6.07, 6.45) is 8.35. The number of ether oxygens (including phenoxy) is 4. The first-order valence-electron chi connectivity index (χ1n) is 15.3. The first-order valence-corrected chi connectivity index (χ1v) is 16.2. The lowest BCUT2D eigenvalue weighted by molar-refractivity contribution is 0.102. The predicted molar refractivity (Wildman–Crippen MR) is 176 cm³/mol. The Balaban J connectivity index is 1.26. The van der Waals surface area contributed by atoms with Gasteiger partial charge in [-0.3, -0.25) is 4.79 Å². The highest BCUT2D eigenvalue weighted by Crippen LogP contribution is 2.40. The van der Waals surface area contributed by atoms with E-state index in [1.165, 1.54) is 17.7 Å². The molecule has 0 saturated carbocycles. The maximum absolute atomic E-state index is 13.8. The molecule has 1 amide bonds. The summed E-state index contributed by atoms with van der Waals surface area (Å²) in [5, 5.41) is 3.95. The number of carbonyl (C=O) groups excluding carboxylic acids is 1. The smallest absolute Gasteiger partial charge is 0.259 e. The zero-order valence-corrected chi connectivity index (χ0v) is 26.4. The van der Waals surface area contributed by atoms with Crippen LogP contribution in [0, 0.1) is 13.8 Å². The number of rotatable bonds is 9. The highest BCUT2D eigenvalue weighted by molar-refractivity contribution is 7.16. The summed E-state index contributed by atoms with van der Waals surface area (Å²) in [5.41, 5.74) is 6.69. The van der Waals surface area contributed by atoms with Gasteiger partial charge in [0.2, 0.25) is 6.79 Å². The standard InChI is InChI=1S/C36H38N2O5S/c1-4-40-31-18-25(13-15-29(31)41-21-26-14-16-30-32(19-26)43-22-42-30)20-37-36-34(27-9-7-5-6-8-10-33(27)44-36)35(39)38-28-17-23(2)11-12-24(28)3/h11-20H,4-10,21-22H2,1-3H3,(H,38,39). The Kier molecular flexibility index (Phi) is 9.17. The molecule has 1 aliphatic carbocycles. The molecule has 6 rings (SSSR count). The summed E-state index contributed by atoms with van der Waals surface area (Å²) in [6, 6.07) is 17.7. The Bertz CT molecular complexity index is 1690. The van der Waals surface area contributed by atoms with Crippen molar-refractivity contribution in [2.24, 2.45) is 4.99 Å². The van der Waals surface area contributed by atoms with Crippen LogP contribution >= 0.6 is 11.3 Å². The summed E-state index contributed by atoms with van der Waals surface area (Å²) in [4.78, 5) is 20.0. The SMILES string of the molecule is CCOc1cc(C=Nc2sc3c(c2C(=O)Nc2cc(C)ccc2C)CCCCCC3)ccc1OCc1ccc2c(c1)OCO2. The van der Waals surface area contributed by atoms with Gasteiger partial charge in [-0.1, -0.05) is 31.0 Å². The topological polar surface area (TPSA) is 78.4 Å². The van der Waals surface area contributed by atoms with Crippen LogP contribution in [0.3, 0.4) is 0 Å². The van der Waals surface area contributed by atoms with Crippen LogP contribution in [0.1, 0.15) is 75.7 Å². The molecule has 1 aromatic heterocycles.